The molecule has 0 spiro atoms. The number of aromatic nitrogens is 2. The first-order chi connectivity index (χ1) is 9.29. The molecule has 3 rings (SSSR count). The molecule has 0 aliphatic carbocycles. The van der Waals surface area contributed by atoms with Gasteiger partial charge >= 0.3 is 0 Å². The van der Waals surface area contributed by atoms with Crippen molar-refractivity contribution in [2.45, 2.75) is 18.9 Å². The molecule has 0 saturated carbocycles. The molecule has 100 valence electrons. The van der Waals surface area contributed by atoms with Gasteiger partial charge in [-0.2, -0.15) is 5.10 Å². The summed E-state index contributed by atoms with van der Waals surface area (Å²) in [6.07, 6.45) is 2.17. The third-order valence-corrected chi connectivity index (χ3v) is 3.79. The normalized spacial score (nSPS) is 19.8. The van der Waals surface area contributed by atoms with Gasteiger partial charge in [0.2, 0.25) is 0 Å². The van der Waals surface area contributed by atoms with Crippen molar-refractivity contribution in [1.82, 2.24) is 20.4 Å². The molecule has 2 heterocycles. The number of carbonyl (C=O) groups is 1. The minimum Gasteiger partial charge on any atom is -0.336 e. The van der Waals surface area contributed by atoms with E-state index in [9.17, 15) is 4.79 Å². The summed E-state index contributed by atoms with van der Waals surface area (Å²) in [7, 11) is 1.95. The number of rotatable bonds is 2. The van der Waals surface area contributed by atoms with E-state index in [2.05, 4.69) is 15.5 Å². The van der Waals surface area contributed by atoms with E-state index in [-0.39, 0.29) is 5.91 Å². The maximum Gasteiger partial charge on any atom is 0.275 e. The van der Waals surface area contributed by atoms with Gasteiger partial charge in [-0.05, 0) is 26.0 Å². The van der Waals surface area contributed by atoms with Gasteiger partial charge in [0.1, 0.15) is 0 Å². The zero-order valence-corrected chi connectivity index (χ0v) is 11.0. The second-order valence-electron chi connectivity index (χ2n) is 5.00. The molecule has 1 aromatic heterocycles. The number of likely N-dealkylation sites (N-methyl/N-ethyl adjacent to an activating group) is 1. The zero-order chi connectivity index (χ0) is 13.2. The number of hydrogen-bond acceptors (Lipinski definition) is 3. The summed E-state index contributed by atoms with van der Waals surface area (Å²) in [5, 5.41) is 11.3. The average Bonchev–Trinajstić information content (AvgIpc) is 2.90. The molecule has 1 fully saturated rings. The molecule has 1 unspecified atom stereocenters. The number of hydrogen-bond donors (Lipinski definition) is 2. The number of H-pyrrole nitrogens is 1. The lowest BCUT2D eigenvalue weighted by molar-refractivity contribution is 0.0694. The fraction of sp³-hybridized carbons (Fsp3) is 0.429. The summed E-state index contributed by atoms with van der Waals surface area (Å²) in [4.78, 5) is 14.4. The Bertz CT molecular complexity index is 592. The molecule has 0 radical (unpaired) electrons. The minimum absolute atomic E-state index is 0.0254. The predicted molar refractivity (Wildman–Crippen MR) is 74.1 cm³/mol. The first-order valence-electron chi connectivity index (χ1n) is 6.69. The van der Waals surface area contributed by atoms with Gasteiger partial charge in [-0.3, -0.25) is 9.89 Å². The molecule has 0 bridgehead atoms. The van der Waals surface area contributed by atoms with Crippen LogP contribution in [0.4, 0.5) is 0 Å². The van der Waals surface area contributed by atoms with Crippen molar-refractivity contribution in [3.05, 3.63) is 30.0 Å². The van der Waals surface area contributed by atoms with Gasteiger partial charge in [0.15, 0.2) is 5.69 Å². The number of amides is 1. The molecular formula is C14H18N4O. The standard InChI is InChI=1S/C14H18N4O/c1-15-10-5-4-8-18(9-10)14(19)13-11-6-2-3-7-12(11)16-17-13/h2-3,6-7,10,15H,4-5,8-9H2,1H3,(H,16,17). The summed E-state index contributed by atoms with van der Waals surface area (Å²) in [6, 6.07) is 8.13. The summed E-state index contributed by atoms with van der Waals surface area (Å²) in [5.41, 5.74) is 1.44. The van der Waals surface area contributed by atoms with Gasteiger partial charge in [-0.25, -0.2) is 0 Å². The van der Waals surface area contributed by atoms with Crippen LogP contribution in [0.15, 0.2) is 24.3 Å². The third kappa shape index (κ3) is 2.21. The van der Waals surface area contributed by atoms with Crippen LogP contribution in [0.25, 0.3) is 10.9 Å². The largest absolute Gasteiger partial charge is 0.336 e. The minimum atomic E-state index is 0.0254. The van der Waals surface area contributed by atoms with Gasteiger partial charge in [-0.15, -0.1) is 0 Å². The van der Waals surface area contributed by atoms with Gasteiger partial charge in [0.25, 0.3) is 5.91 Å². The molecule has 5 nitrogen and oxygen atoms in total. The van der Waals surface area contributed by atoms with Crippen molar-refractivity contribution in [1.29, 1.82) is 0 Å². The van der Waals surface area contributed by atoms with Crippen molar-refractivity contribution < 1.29 is 4.79 Å². The van der Waals surface area contributed by atoms with Gasteiger partial charge in [0, 0.05) is 24.5 Å². The Morgan fingerprint density at radius 1 is 1.47 bits per heavy atom. The average molecular weight is 258 g/mol. The van der Waals surface area contributed by atoms with E-state index in [1.54, 1.807) is 0 Å². The Kier molecular flexibility index (Phi) is 3.21. The number of piperidine rings is 1. The quantitative estimate of drug-likeness (QED) is 0.855. The Morgan fingerprint density at radius 2 is 2.32 bits per heavy atom. The van der Waals surface area contributed by atoms with Crippen molar-refractivity contribution in [3.8, 4) is 0 Å². The molecule has 1 aliphatic heterocycles. The molecule has 2 aromatic rings. The van der Waals surface area contributed by atoms with Crippen molar-refractivity contribution in [3.63, 3.8) is 0 Å². The monoisotopic (exact) mass is 258 g/mol. The van der Waals surface area contributed by atoms with Crippen LogP contribution in [0.1, 0.15) is 23.3 Å². The summed E-state index contributed by atoms with van der Waals surface area (Å²) < 4.78 is 0. The second-order valence-corrected chi connectivity index (χ2v) is 5.00. The highest BCUT2D eigenvalue weighted by molar-refractivity contribution is 6.04. The highest BCUT2D eigenvalue weighted by Crippen LogP contribution is 2.19. The SMILES string of the molecule is CNC1CCCN(C(=O)c2n[nH]c3ccccc23)C1. The maximum absolute atomic E-state index is 12.6. The Balaban J connectivity index is 1.87. The topological polar surface area (TPSA) is 61.0 Å². The van der Waals surface area contributed by atoms with Gasteiger partial charge in [-0.1, -0.05) is 18.2 Å². The highest BCUT2D eigenvalue weighted by atomic mass is 16.2. The Hall–Kier alpha value is -1.88. The molecule has 1 atom stereocenters. The van der Waals surface area contributed by atoms with Crippen LogP contribution in [0.3, 0.4) is 0 Å². The fourth-order valence-corrected chi connectivity index (χ4v) is 2.67. The van der Waals surface area contributed by atoms with Crippen LogP contribution >= 0.6 is 0 Å². The van der Waals surface area contributed by atoms with E-state index < -0.39 is 0 Å². The molecule has 19 heavy (non-hydrogen) atoms. The number of carbonyl (C=O) groups excluding carboxylic acids is 1. The first-order valence-corrected chi connectivity index (χ1v) is 6.69. The Labute approximate surface area is 112 Å². The molecular weight excluding hydrogens is 240 g/mol. The van der Waals surface area contributed by atoms with E-state index in [1.165, 1.54) is 0 Å². The third-order valence-electron chi connectivity index (χ3n) is 3.79. The van der Waals surface area contributed by atoms with Crippen LogP contribution in [-0.4, -0.2) is 47.2 Å². The first kappa shape index (κ1) is 12.2. The number of fused-ring (bicyclic) bond motifs is 1. The van der Waals surface area contributed by atoms with Crippen LogP contribution < -0.4 is 5.32 Å². The second kappa shape index (κ2) is 5.01. The highest BCUT2D eigenvalue weighted by Gasteiger charge is 2.26. The molecule has 1 aliphatic rings. The lowest BCUT2D eigenvalue weighted by Gasteiger charge is -2.32. The lowest BCUT2D eigenvalue weighted by Crippen LogP contribution is -2.47. The summed E-state index contributed by atoms with van der Waals surface area (Å²) >= 11 is 0. The molecule has 2 N–H and O–H groups in total. The van der Waals surface area contributed by atoms with Crippen LogP contribution in [0, 0.1) is 0 Å². The van der Waals surface area contributed by atoms with Gasteiger partial charge in [0.05, 0.1) is 5.52 Å². The predicted octanol–water partition coefficient (Wildman–Crippen LogP) is 1.39. The van der Waals surface area contributed by atoms with Crippen LogP contribution in [0.2, 0.25) is 0 Å². The van der Waals surface area contributed by atoms with Crippen LogP contribution in [-0.2, 0) is 0 Å². The zero-order valence-electron chi connectivity index (χ0n) is 11.0. The number of para-hydroxylation sites is 1. The fourth-order valence-electron chi connectivity index (χ4n) is 2.67. The van der Waals surface area contributed by atoms with Crippen molar-refractivity contribution in [2.24, 2.45) is 0 Å². The maximum atomic E-state index is 12.6. The number of likely N-dealkylation sites (tertiary alicyclic amines) is 1. The number of aromatic amines is 1. The summed E-state index contributed by atoms with van der Waals surface area (Å²) in [6.45, 7) is 1.58. The molecule has 1 aromatic carbocycles. The van der Waals surface area contributed by atoms with E-state index in [0.29, 0.717) is 11.7 Å². The van der Waals surface area contributed by atoms with Crippen molar-refractivity contribution >= 4 is 16.8 Å². The van der Waals surface area contributed by atoms with E-state index in [0.717, 1.165) is 36.8 Å². The summed E-state index contributed by atoms with van der Waals surface area (Å²) in [5.74, 6) is 0.0254. The number of benzene rings is 1. The van der Waals surface area contributed by atoms with Crippen molar-refractivity contribution in [2.75, 3.05) is 20.1 Å². The smallest absolute Gasteiger partial charge is 0.275 e. The van der Waals surface area contributed by atoms with E-state index in [1.807, 2.05) is 36.2 Å². The number of nitrogens with zero attached hydrogens (tertiary/aromatic N) is 2. The van der Waals surface area contributed by atoms with Gasteiger partial charge < -0.3 is 10.2 Å². The molecule has 1 amide bonds. The molecule has 5 heteroatoms. The number of nitrogens with one attached hydrogen (secondary N) is 2. The van der Waals surface area contributed by atoms with E-state index >= 15 is 0 Å². The Morgan fingerprint density at radius 3 is 3.16 bits per heavy atom. The van der Waals surface area contributed by atoms with Crippen LogP contribution in [0.5, 0.6) is 0 Å². The molecule has 1 saturated heterocycles. The lowest BCUT2D eigenvalue weighted by atomic mass is 10.1. The van der Waals surface area contributed by atoms with E-state index in [4.69, 9.17) is 0 Å².